The van der Waals surface area contributed by atoms with Gasteiger partial charge in [0.25, 0.3) is 0 Å². The van der Waals surface area contributed by atoms with Crippen molar-refractivity contribution in [1.29, 1.82) is 5.26 Å². The molecule has 60 heavy (non-hydrogen) atoms. The summed E-state index contributed by atoms with van der Waals surface area (Å²) in [5.41, 5.74) is 7.22. The molecule has 3 nitrogen and oxygen atoms in total. The minimum atomic E-state index is -1.90. The Morgan fingerprint density at radius 1 is 0.417 bits per heavy atom. The number of nitriles is 1. The molecule has 0 aliphatic heterocycles. The van der Waals surface area contributed by atoms with E-state index in [1.807, 2.05) is 9.13 Å². The van der Waals surface area contributed by atoms with Crippen LogP contribution in [0.4, 0.5) is 17.6 Å². The molecule has 0 N–H and O–H groups in total. The molecule has 6 aromatic carbocycles. The smallest absolute Gasteiger partial charge is 0.198 e. The van der Waals surface area contributed by atoms with Gasteiger partial charge in [-0.1, -0.05) is 132 Å². The lowest BCUT2D eigenvalue weighted by Gasteiger charge is -2.23. The van der Waals surface area contributed by atoms with Gasteiger partial charge in [0, 0.05) is 27.1 Å². The quantitative estimate of drug-likeness (QED) is 0.0995. The molecule has 8 aromatic rings. The number of aromatic nitrogens is 2. The van der Waals surface area contributed by atoms with E-state index in [1.54, 1.807) is 12.1 Å². The number of hydrogen-bond acceptors (Lipinski definition) is 1. The van der Waals surface area contributed by atoms with Crippen molar-refractivity contribution in [2.75, 3.05) is 0 Å². The van der Waals surface area contributed by atoms with E-state index in [0.717, 1.165) is 65.9 Å². The van der Waals surface area contributed by atoms with Crippen molar-refractivity contribution in [3.63, 3.8) is 0 Å². The first kappa shape index (κ1) is 40.9. The summed E-state index contributed by atoms with van der Waals surface area (Å²) in [6.45, 7) is 25.7. The number of rotatable bonds is 3. The van der Waals surface area contributed by atoms with Crippen molar-refractivity contribution in [2.45, 2.75) is 105 Å². The minimum absolute atomic E-state index is 0.0807. The van der Waals surface area contributed by atoms with Gasteiger partial charge in [0.15, 0.2) is 23.3 Å². The van der Waals surface area contributed by atoms with Gasteiger partial charge in [-0.05, 0) is 91.9 Å². The van der Waals surface area contributed by atoms with Gasteiger partial charge in [-0.2, -0.15) is 5.26 Å². The molecule has 0 bridgehead atoms. The molecular weight excluding hydrogens is 755 g/mol. The van der Waals surface area contributed by atoms with Gasteiger partial charge >= 0.3 is 0 Å². The maximum atomic E-state index is 16.1. The van der Waals surface area contributed by atoms with E-state index in [4.69, 9.17) is 0 Å². The number of halogens is 4. The Balaban J connectivity index is 1.63. The molecule has 0 aliphatic rings. The number of fused-ring (bicyclic) bond motifs is 6. The first-order chi connectivity index (χ1) is 27.9. The van der Waals surface area contributed by atoms with Crippen LogP contribution in [0.3, 0.4) is 0 Å². The summed E-state index contributed by atoms with van der Waals surface area (Å²) >= 11 is 0. The zero-order chi connectivity index (χ0) is 43.6. The van der Waals surface area contributed by atoms with E-state index in [0.29, 0.717) is 17.4 Å². The molecule has 0 amide bonds. The van der Waals surface area contributed by atoms with Crippen LogP contribution in [0.15, 0.2) is 91.0 Å². The summed E-state index contributed by atoms with van der Waals surface area (Å²) in [5, 5.41) is 15.3. The molecule has 0 saturated heterocycles. The lowest BCUT2D eigenvalue weighted by atomic mass is 9.86. The third-order valence-corrected chi connectivity index (χ3v) is 12.1. The van der Waals surface area contributed by atoms with Gasteiger partial charge < -0.3 is 9.13 Å². The second-order valence-corrected chi connectivity index (χ2v) is 20.4. The molecule has 0 atom stereocenters. The lowest BCUT2D eigenvalue weighted by Crippen LogP contribution is -2.12. The molecule has 0 fully saturated rings. The van der Waals surface area contributed by atoms with Crippen molar-refractivity contribution in [2.24, 2.45) is 0 Å². The average molecular weight is 806 g/mol. The third kappa shape index (κ3) is 6.56. The predicted octanol–water partition coefficient (Wildman–Crippen LogP) is 15.2. The molecular formula is C53H51F4N3. The molecule has 2 aromatic heterocycles. The van der Waals surface area contributed by atoms with Crippen molar-refractivity contribution >= 4 is 43.6 Å². The maximum Gasteiger partial charge on any atom is 0.198 e. The average Bonchev–Trinajstić information content (AvgIpc) is 3.67. The van der Waals surface area contributed by atoms with E-state index in [1.165, 1.54) is 0 Å². The molecule has 8 rings (SSSR count). The molecule has 7 heteroatoms. The highest BCUT2D eigenvalue weighted by Crippen LogP contribution is 2.44. The molecule has 0 radical (unpaired) electrons. The number of hydrogen-bond donors (Lipinski definition) is 0. The Bertz CT molecular complexity index is 2810. The van der Waals surface area contributed by atoms with Crippen LogP contribution in [0.1, 0.15) is 111 Å². The van der Waals surface area contributed by atoms with Crippen molar-refractivity contribution in [1.82, 2.24) is 9.13 Å². The molecule has 0 spiro atoms. The number of nitrogens with zero attached hydrogens (tertiary/aromatic N) is 3. The Morgan fingerprint density at radius 3 is 1.02 bits per heavy atom. The fraction of sp³-hybridized carbons (Fsp3) is 0.302. The van der Waals surface area contributed by atoms with Crippen LogP contribution in [0.5, 0.6) is 0 Å². The zero-order valence-corrected chi connectivity index (χ0v) is 36.5. The Hall–Kier alpha value is -5.87. The highest BCUT2D eigenvalue weighted by Gasteiger charge is 2.28. The third-order valence-electron chi connectivity index (χ3n) is 12.1. The highest BCUT2D eigenvalue weighted by atomic mass is 19.2. The second-order valence-electron chi connectivity index (χ2n) is 20.4. The van der Waals surface area contributed by atoms with E-state index < -0.39 is 28.8 Å². The molecule has 0 unspecified atom stereocenters. The second kappa shape index (κ2) is 13.6. The fourth-order valence-electron chi connectivity index (χ4n) is 8.44. The standard InChI is InChI=1S/C53H51F4N3/c1-50(2,3)30-13-17-34-35-18-14-31(51(4,5)6)24-44(35)59(43(34)23-30)41-21-29(38-27-40(54)48(56)49(57)47(38)55)22-42(39(41)28-58)60-45-25-32(52(7,8)9)15-19-36(45)37-20-16-33(26-46(37)60)53(10,11)12/h13-27H,1-12H3. The van der Waals surface area contributed by atoms with Crippen LogP contribution in [0, 0.1) is 34.6 Å². The van der Waals surface area contributed by atoms with Crippen LogP contribution in [-0.2, 0) is 21.7 Å². The van der Waals surface area contributed by atoms with Gasteiger partial charge in [0.05, 0.1) is 33.4 Å². The summed E-state index contributed by atoms with van der Waals surface area (Å²) in [6.07, 6.45) is 0. The summed E-state index contributed by atoms with van der Waals surface area (Å²) in [6, 6.07) is 31.9. The van der Waals surface area contributed by atoms with Crippen LogP contribution in [0.25, 0.3) is 66.1 Å². The summed E-state index contributed by atoms with van der Waals surface area (Å²) in [5.74, 6) is -6.82. The molecule has 0 saturated carbocycles. The van der Waals surface area contributed by atoms with Gasteiger partial charge in [-0.3, -0.25) is 0 Å². The molecule has 0 aliphatic carbocycles. The predicted molar refractivity (Wildman–Crippen MR) is 240 cm³/mol. The Labute approximate surface area is 349 Å². The monoisotopic (exact) mass is 805 g/mol. The normalized spacial score (nSPS) is 13.0. The molecule has 306 valence electrons. The zero-order valence-electron chi connectivity index (χ0n) is 36.5. The fourth-order valence-corrected chi connectivity index (χ4v) is 8.44. The van der Waals surface area contributed by atoms with Gasteiger partial charge in [0.1, 0.15) is 11.6 Å². The van der Waals surface area contributed by atoms with Gasteiger partial charge in [-0.25, -0.2) is 17.6 Å². The Morgan fingerprint density at radius 2 is 0.733 bits per heavy atom. The van der Waals surface area contributed by atoms with Gasteiger partial charge in [-0.15, -0.1) is 0 Å². The summed E-state index contributed by atoms with van der Waals surface area (Å²) < 4.78 is 65.3. The van der Waals surface area contributed by atoms with Gasteiger partial charge in [0.2, 0.25) is 0 Å². The summed E-state index contributed by atoms with van der Waals surface area (Å²) in [4.78, 5) is 0. The van der Waals surface area contributed by atoms with E-state index >= 15 is 13.2 Å². The van der Waals surface area contributed by atoms with Crippen LogP contribution < -0.4 is 0 Å². The SMILES string of the molecule is CC(C)(C)c1ccc2c3ccc(C(C)(C)C)cc3n(-c3cc(-c4cc(F)c(F)c(F)c4F)cc(-n4c5cc(C(C)(C)C)ccc5c5ccc(C(C)(C)C)cc54)c3C#N)c2c1. The summed E-state index contributed by atoms with van der Waals surface area (Å²) in [7, 11) is 0. The van der Waals surface area contributed by atoms with E-state index in [9.17, 15) is 9.65 Å². The first-order valence-corrected chi connectivity index (χ1v) is 20.5. The highest BCUT2D eigenvalue weighted by molar-refractivity contribution is 6.12. The van der Waals surface area contributed by atoms with Crippen LogP contribution >= 0.6 is 0 Å². The van der Waals surface area contributed by atoms with E-state index in [2.05, 4.69) is 162 Å². The minimum Gasteiger partial charge on any atom is -0.308 e. The lowest BCUT2D eigenvalue weighted by molar-refractivity contribution is 0.411. The number of benzene rings is 6. The van der Waals surface area contributed by atoms with Crippen molar-refractivity contribution < 1.29 is 17.6 Å². The van der Waals surface area contributed by atoms with Crippen molar-refractivity contribution in [3.8, 4) is 28.6 Å². The first-order valence-electron chi connectivity index (χ1n) is 20.5. The van der Waals surface area contributed by atoms with Crippen LogP contribution in [0.2, 0.25) is 0 Å². The van der Waals surface area contributed by atoms with E-state index in [-0.39, 0.29) is 32.8 Å². The Kier molecular flexibility index (Phi) is 9.25. The topological polar surface area (TPSA) is 33.6 Å². The molecule has 2 heterocycles. The van der Waals surface area contributed by atoms with Crippen molar-refractivity contribution in [3.05, 3.63) is 142 Å². The van der Waals surface area contributed by atoms with Crippen LogP contribution in [-0.4, -0.2) is 9.13 Å². The largest absolute Gasteiger partial charge is 0.308 e. The maximum absolute atomic E-state index is 16.1.